The van der Waals surface area contributed by atoms with Gasteiger partial charge in [0.15, 0.2) is 0 Å². The zero-order chi connectivity index (χ0) is 6.57. The lowest BCUT2D eigenvalue weighted by Gasteiger charge is -1.88. The number of halogens is 1. The van der Waals surface area contributed by atoms with Gasteiger partial charge in [0.05, 0.1) is 0 Å². The van der Waals surface area contributed by atoms with Gasteiger partial charge in [0.1, 0.15) is 0 Å². The molecule has 0 atom stereocenters. The number of rotatable bonds is 1. The predicted octanol–water partition coefficient (Wildman–Crippen LogP) is 2.22. The maximum absolute atomic E-state index is 5.60. The summed E-state index contributed by atoms with van der Waals surface area (Å²) < 4.78 is 0. The molecule has 2 heteroatoms. The molecule has 0 aliphatic heterocycles. The Bertz CT molecular complexity index is 120. The van der Waals surface area contributed by atoms with Gasteiger partial charge >= 0.3 is 0 Å². The molecule has 0 unspecified atom stereocenters. The zero-order valence-corrected chi connectivity index (χ0v) is 6.16. The van der Waals surface area contributed by atoms with Gasteiger partial charge in [0.2, 0.25) is 0 Å². The molecule has 0 aromatic carbocycles. The summed E-state index contributed by atoms with van der Waals surface area (Å²) in [5.74, 6) is 0. The summed E-state index contributed by atoms with van der Waals surface area (Å²) in [6.07, 6.45) is 1.74. The van der Waals surface area contributed by atoms with Crippen molar-refractivity contribution < 1.29 is 0 Å². The van der Waals surface area contributed by atoms with E-state index in [2.05, 4.69) is 4.99 Å². The van der Waals surface area contributed by atoms with Gasteiger partial charge < -0.3 is 0 Å². The number of nitrogens with zero attached hydrogens (tertiary/aromatic N) is 1. The van der Waals surface area contributed by atoms with Crippen molar-refractivity contribution in [2.75, 3.05) is 7.05 Å². The summed E-state index contributed by atoms with van der Waals surface area (Å²) in [6, 6.07) is 0. The van der Waals surface area contributed by atoms with Crippen LogP contribution in [-0.2, 0) is 0 Å². The fraction of sp³-hybridized carbons (Fsp3) is 0.500. The highest BCUT2D eigenvalue weighted by atomic mass is 35.5. The third-order valence-corrected chi connectivity index (χ3v) is 1.16. The van der Waals surface area contributed by atoms with Gasteiger partial charge in [0, 0.05) is 18.3 Å². The van der Waals surface area contributed by atoms with Crippen LogP contribution >= 0.6 is 11.6 Å². The minimum Gasteiger partial charge on any atom is -0.296 e. The number of aliphatic imine (C=N–C) groups is 1. The lowest BCUT2D eigenvalue weighted by Crippen LogP contribution is -1.77. The van der Waals surface area contributed by atoms with Gasteiger partial charge in [-0.2, -0.15) is 0 Å². The summed E-state index contributed by atoms with van der Waals surface area (Å²) in [4.78, 5) is 3.79. The van der Waals surface area contributed by atoms with Gasteiger partial charge in [-0.3, -0.25) is 4.99 Å². The molecule has 46 valence electrons. The van der Waals surface area contributed by atoms with Crippen LogP contribution < -0.4 is 0 Å². The first-order valence-electron chi connectivity index (χ1n) is 2.43. The summed E-state index contributed by atoms with van der Waals surface area (Å²) in [5, 5.41) is 0.801. The Balaban J connectivity index is 4.00. The molecule has 0 fully saturated rings. The molecular formula is C6H10ClN. The molecule has 0 saturated carbocycles. The number of hydrogen-bond acceptors (Lipinski definition) is 1. The van der Waals surface area contributed by atoms with Crippen LogP contribution in [0, 0.1) is 0 Å². The highest BCUT2D eigenvalue weighted by Gasteiger charge is 1.84. The second-order valence-electron chi connectivity index (χ2n) is 1.60. The van der Waals surface area contributed by atoms with E-state index in [1.807, 2.05) is 13.8 Å². The van der Waals surface area contributed by atoms with Crippen LogP contribution in [0.4, 0.5) is 0 Å². The molecule has 0 heterocycles. The average molecular weight is 132 g/mol. The molecule has 0 aliphatic carbocycles. The van der Waals surface area contributed by atoms with E-state index in [9.17, 15) is 0 Å². The van der Waals surface area contributed by atoms with Crippen LogP contribution in [0.2, 0.25) is 0 Å². The topological polar surface area (TPSA) is 12.4 Å². The Kier molecular flexibility index (Phi) is 3.53. The largest absolute Gasteiger partial charge is 0.296 e. The van der Waals surface area contributed by atoms with Gasteiger partial charge in [0.25, 0.3) is 0 Å². The van der Waals surface area contributed by atoms with Crippen LogP contribution in [0.1, 0.15) is 13.8 Å². The van der Waals surface area contributed by atoms with Crippen molar-refractivity contribution in [1.82, 2.24) is 0 Å². The van der Waals surface area contributed by atoms with Crippen molar-refractivity contribution in [1.29, 1.82) is 0 Å². The molecule has 0 aromatic rings. The van der Waals surface area contributed by atoms with Gasteiger partial charge in [-0.05, 0) is 19.4 Å². The molecule has 0 aromatic heterocycles. The van der Waals surface area contributed by atoms with Crippen molar-refractivity contribution in [3.05, 3.63) is 10.6 Å². The van der Waals surface area contributed by atoms with Gasteiger partial charge in [-0.15, -0.1) is 0 Å². The molecule has 0 N–H and O–H groups in total. The SMILES string of the molecule is CN=C/C(C)=C(\C)Cl. The van der Waals surface area contributed by atoms with Crippen LogP contribution in [-0.4, -0.2) is 13.3 Å². The molecular weight excluding hydrogens is 122 g/mol. The summed E-state index contributed by atoms with van der Waals surface area (Å²) in [5.41, 5.74) is 1.02. The normalized spacial score (nSPS) is 14.5. The average Bonchev–Trinajstić information content (AvgIpc) is 1.67. The van der Waals surface area contributed by atoms with Gasteiger partial charge in [-0.1, -0.05) is 11.6 Å². The summed E-state index contributed by atoms with van der Waals surface area (Å²) >= 11 is 5.60. The standard InChI is InChI=1S/C6H10ClN/c1-5(4-8-3)6(2)7/h4H,1-3H3/b6-5+,8-4?. The minimum absolute atomic E-state index is 0.801. The van der Waals surface area contributed by atoms with Gasteiger partial charge in [-0.25, -0.2) is 0 Å². The Hall–Kier alpha value is -0.300. The third-order valence-electron chi connectivity index (χ3n) is 0.866. The molecule has 0 amide bonds. The number of allylic oxidation sites excluding steroid dienone is 2. The van der Waals surface area contributed by atoms with Crippen molar-refractivity contribution in [3.63, 3.8) is 0 Å². The van der Waals surface area contributed by atoms with E-state index in [1.165, 1.54) is 0 Å². The first kappa shape index (κ1) is 7.70. The van der Waals surface area contributed by atoms with Crippen molar-refractivity contribution >= 4 is 17.8 Å². The Morgan fingerprint density at radius 2 is 2.00 bits per heavy atom. The fourth-order valence-electron chi connectivity index (χ4n) is 0.283. The van der Waals surface area contributed by atoms with E-state index in [0.29, 0.717) is 0 Å². The number of hydrogen-bond donors (Lipinski definition) is 0. The minimum atomic E-state index is 0.801. The van der Waals surface area contributed by atoms with E-state index in [-0.39, 0.29) is 0 Å². The predicted molar refractivity (Wildman–Crippen MR) is 38.6 cm³/mol. The first-order valence-corrected chi connectivity index (χ1v) is 2.81. The highest BCUT2D eigenvalue weighted by molar-refractivity contribution is 6.30. The molecule has 1 nitrogen and oxygen atoms in total. The van der Waals surface area contributed by atoms with Crippen molar-refractivity contribution in [2.24, 2.45) is 4.99 Å². The Morgan fingerprint density at radius 3 is 2.12 bits per heavy atom. The van der Waals surface area contributed by atoms with Crippen LogP contribution in [0.15, 0.2) is 15.6 Å². The van der Waals surface area contributed by atoms with E-state index < -0.39 is 0 Å². The first-order chi connectivity index (χ1) is 3.68. The fourth-order valence-corrected chi connectivity index (χ4v) is 0.331. The lowest BCUT2D eigenvalue weighted by molar-refractivity contribution is 1.42. The Morgan fingerprint density at radius 1 is 1.50 bits per heavy atom. The Labute approximate surface area is 55.1 Å². The van der Waals surface area contributed by atoms with Crippen molar-refractivity contribution in [2.45, 2.75) is 13.8 Å². The molecule has 0 aliphatic rings. The molecule has 0 saturated heterocycles. The van der Waals surface area contributed by atoms with E-state index >= 15 is 0 Å². The smallest absolute Gasteiger partial charge is 0.0277 e. The van der Waals surface area contributed by atoms with E-state index in [0.717, 1.165) is 10.6 Å². The maximum atomic E-state index is 5.60. The quantitative estimate of drug-likeness (QED) is 0.484. The van der Waals surface area contributed by atoms with Crippen LogP contribution in [0.25, 0.3) is 0 Å². The van der Waals surface area contributed by atoms with E-state index in [4.69, 9.17) is 11.6 Å². The summed E-state index contributed by atoms with van der Waals surface area (Å²) in [7, 11) is 1.73. The monoisotopic (exact) mass is 131 g/mol. The molecule has 0 bridgehead atoms. The van der Waals surface area contributed by atoms with Crippen molar-refractivity contribution in [3.8, 4) is 0 Å². The lowest BCUT2D eigenvalue weighted by atomic mass is 10.3. The van der Waals surface area contributed by atoms with E-state index in [1.54, 1.807) is 13.3 Å². The third kappa shape index (κ3) is 2.80. The molecule has 0 spiro atoms. The zero-order valence-electron chi connectivity index (χ0n) is 5.40. The molecule has 0 rings (SSSR count). The van der Waals surface area contributed by atoms with Crippen LogP contribution in [0.5, 0.6) is 0 Å². The van der Waals surface area contributed by atoms with Crippen LogP contribution in [0.3, 0.4) is 0 Å². The maximum Gasteiger partial charge on any atom is 0.0277 e. The molecule has 0 radical (unpaired) electrons. The molecule has 8 heavy (non-hydrogen) atoms. The second kappa shape index (κ2) is 3.67. The summed E-state index contributed by atoms with van der Waals surface area (Å²) in [6.45, 7) is 3.77. The second-order valence-corrected chi connectivity index (χ2v) is 2.17. The highest BCUT2D eigenvalue weighted by Crippen LogP contribution is 2.03.